The molecule has 1 unspecified atom stereocenters. The molecule has 0 saturated carbocycles. The predicted molar refractivity (Wildman–Crippen MR) is 76.8 cm³/mol. The van der Waals surface area contributed by atoms with Crippen LogP contribution in [-0.2, 0) is 20.8 Å². The van der Waals surface area contributed by atoms with Gasteiger partial charge in [-0.25, -0.2) is 4.98 Å². The monoisotopic (exact) mass is 308 g/mol. The molecule has 3 rings (SSSR count). The van der Waals surface area contributed by atoms with Crippen LogP contribution in [0.25, 0.3) is 10.8 Å². The highest BCUT2D eigenvalue weighted by molar-refractivity contribution is 7.13. The Morgan fingerprint density at radius 3 is 3.29 bits per heavy atom. The molecule has 0 bridgehead atoms. The number of morpholine rings is 1. The number of thiazole rings is 1. The topological polar surface area (TPSA) is 64.8 Å². The van der Waals surface area contributed by atoms with Crippen molar-refractivity contribution in [2.75, 3.05) is 26.9 Å². The summed E-state index contributed by atoms with van der Waals surface area (Å²) < 4.78 is 15.5. The summed E-state index contributed by atoms with van der Waals surface area (Å²) in [7, 11) is 1.40. The Morgan fingerprint density at radius 2 is 2.52 bits per heavy atom. The van der Waals surface area contributed by atoms with E-state index in [9.17, 15) is 4.79 Å². The molecule has 112 valence electrons. The number of hydrogen-bond donors (Lipinski definition) is 0. The molecule has 1 aliphatic rings. The van der Waals surface area contributed by atoms with Crippen molar-refractivity contribution in [2.45, 2.75) is 12.6 Å². The number of ether oxygens (including phenoxy) is 2. The van der Waals surface area contributed by atoms with E-state index in [2.05, 4.69) is 4.98 Å². The first-order chi connectivity index (χ1) is 10.3. The fraction of sp³-hybridized carbons (Fsp3) is 0.429. The smallest absolute Gasteiger partial charge is 0.325 e. The lowest BCUT2D eigenvalue weighted by Gasteiger charge is -2.32. The molecule has 1 atom stereocenters. The number of aromatic nitrogens is 1. The zero-order valence-corrected chi connectivity index (χ0v) is 12.5. The molecule has 0 N–H and O–H groups in total. The minimum Gasteiger partial charge on any atom is -0.468 e. The highest BCUT2D eigenvalue weighted by Crippen LogP contribution is 2.25. The standard InChI is InChI=1S/C14H16N2O4S/c1-18-14(17)11-8-19-6-4-16(11)7-10-9-21-13(15-10)12-3-2-5-20-12/h2-3,5,9,11H,4,6-8H2,1H3. The van der Waals surface area contributed by atoms with E-state index in [1.807, 2.05) is 22.4 Å². The second-order valence-electron chi connectivity index (χ2n) is 4.71. The van der Waals surface area contributed by atoms with E-state index < -0.39 is 0 Å². The quantitative estimate of drug-likeness (QED) is 0.802. The minimum atomic E-state index is -0.363. The lowest BCUT2D eigenvalue weighted by molar-refractivity contribution is -0.153. The number of methoxy groups -OCH3 is 1. The van der Waals surface area contributed by atoms with Crippen molar-refractivity contribution in [3.05, 3.63) is 29.5 Å². The maximum absolute atomic E-state index is 11.8. The van der Waals surface area contributed by atoms with Crippen LogP contribution in [0.2, 0.25) is 0 Å². The SMILES string of the molecule is COC(=O)C1COCCN1Cc1csc(-c2ccco2)n1. The molecule has 2 aromatic rings. The number of furan rings is 1. The average molecular weight is 308 g/mol. The van der Waals surface area contributed by atoms with Crippen LogP contribution in [0, 0.1) is 0 Å². The van der Waals surface area contributed by atoms with Crippen LogP contribution in [0.3, 0.4) is 0 Å². The van der Waals surface area contributed by atoms with Gasteiger partial charge in [0, 0.05) is 18.5 Å². The van der Waals surface area contributed by atoms with Crippen molar-refractivity contribution >= 4 is 17.3 Å². The Bertz CT molecular complexity index is 596. The molecular formula is C14H16N2O4S. The zero-order chi connectivity index (χ0) is 14.7. The molecule has 2 aromatic heterocycles. The minimum absolute atomic E-state index is 0.267. The Morgan fingerprint density at radius 1 is 1.62 bits per heavy atom. The second kappa shape index (κ2) is 6.38. The first-order valence-corrected chi connectivity index (χ1v) is 7.54. The fourth-order valence-electron chi connectivity index (χ4n) is 2.28. The third-order valence-corrected chi connectivity index (χ3v) is 4.27. The number of carbonyl (C=O) groups is 1. The molecule has 3 heterocycles. The van der Waals surface area contributed by atoms with Gasteiger partial charge in [0.2, 0.25) is 0 Å². The summed E-state index contributed by atoms with van der Waals surface area (Å²) in [6.07, 6.45) is 1.63. The van der Waals surface area contributed by atoms with Crippen molar-refractivity contribution in [1.29, 1.82) is 0 Å². The Balaban J connectivity index is 1.71. The van der Waals surface area contributed by atoms with Crippen molar-refractivity contribution in [3.8, 4) is 10.8 Å². The number of nitrogens with zero attached hydrogens (tertiary/aromatic N) is 2. The van der Waals surface area contributed by atoms with Crippen LogP contribution in [0.1, 0.15) is 5.69 Å². The Labute approximate surface area is 126 Å². The van der Waals surface area contributed by atoms with Crippen molar-refractivity contribution in [3.63, 3.8) is 0 Å². The van der Waals surface area contributed by atoms with Crippen molar-refractivity contribution < 1.29 is 18.7 Å². The van der Waals surface area contributed by atoms with Gasteiger partial charge in [-0.15, -0.1) is 11.3 Å². The van der Waals surface area contributed by atoms with Gasteiger partial charge in [0.15, 0.2) is 10.8 Å². The van der Waals surface area contributed by atoms with E-state index in [1.165, 1.54) is 18.4 Å². The van der Waals surface area contributed by atoms with Crippen LogP contribution in [0.5, 0.6) is 0 Å². The molecule has 7 heteroatoms. The van der Waals surface area contributed by atoms with Crippen LogP contribution in [-0.4, -0.2) is 48.8 Å². The molecule has 1 aliphatic heterocycles. The Hall–Kier alpha value is -1.70. The molecule has 0 aliphatic carbocycles. The molecule has 0 radical (unpaired) electrons. The second-order valence-corrected chi connectivity index (χ2v) is 5.56. The molecule has 0 spiro atoms. The Kier molecular flexibility index (Phi) is 4.33. The van der Waals surface area contributed by atoms with Gasteiger partial charge in [-0.3, -0.25) is 9.69 Å². The van der Waals surface area contributed by atoms with Gasteiger partial charge in [0.1, 0.15) is 6.04 Å². The van der Waals surface area contributed by atoms with Gasteiger partial charge >= 0.3 is 5.97 Å². The maximum atomic E-state index is 11.8. The van der Waals surface area contributed by atoms with E-state index in [0.717, 1.165) is 16.5 Å². The molecule has 0 aromatic carbocycles. The number of carbonyl (C=O) groups excluding carboxylic acids is 1. The summed E-state index contributed by atoms with van der Waals surface area (Å²) in [5, 5.41) is 2.83. The summed E-state index contributed by atoms with van der Waals surface area (Å²) >= 11 is 1.53. The first kappa shape index (κ1) is 14.2. The number of rotatable bonds is 4. The van der Waals surface area contributed by atoms with E-state index >= 15 is 0 Å². The van der Waals surface area contributed by atoms with Gasteiger partial charge < -0.3 is 13.9 Å². The molecule has 6 nitrogen and oxygen atoms in total. The molecule has 1 fully saturated rings. The third kappa shape index (κ3) is 3.15. The van der Waals surface area contributed by atoms with Crippen LogP contribution in [0.4, 0.5) is 0 Å². The lowest BCUT2D eigenvalue weighted by atomic mass is 10.2. The van der Waals surface area contributed by atoms with Crippen LogP contribution < -0.4 is 0 Å². The van der Waals surface area contributed by atoms with Gasteiger partial charge in [-0.05, 0) is 12.1 Å². The van der Waals surface area contributed by atoms with Crippen molar-refractivity contribution in [1.82, 2.24) is 9.88 Å². The van der Waals surface area contributed by atoms with E-state index in [4.69, 9.17) is 13.9 Å². The van der Waals surface area contributed by atoms with E-state index in [1.54, 1.807) is 6.26 Å². The van der Waals surface area contributed by atoms with E-state index in [0.29, 0.717) is 26.3 Å². The molecule has 1 saturated heterocycles. The average Bonchev–Trinajstić information content (AvgIpc) is 3.18. The molecule has 0 amide bonds. The zero-order valence-electron chi connectivity index (χ0n) is 11.7. The van der Waals surface area contributed by atoms with E-state index in [-0.39, 0.29) is 12.0 Å². The number of hydrogen-bond acceptors (Lipinski definition) is 7. The highest BCUT2D eigenvalue weighted by Gasteiger charge is 2.30. The third-order valence-electron chi connectivity index (χ3n) is 3.36. The van der Waals surface area contributed by atoms with Crippen molar-refractivity contribution in [2.24, 2.45) is 0 Å². The summed E-state index contributed by atoms with van der Waals surface area (Å²) in [6, 6.07) is 3.36. The normalized spacial score (nSPS) is 19.6. The van der Waals surface area contributed by atoms with Crippen LogP contribution >= 0.6 is 11.3 Å². The first-order valence-electron chi connectivity index (χ1n) is 6.66. The molecular weight excluding hydrogens is 292 g/mol. The fourth-order valence-corrected chi connectivity index (χ4v) is 3.06. The maximum Gasteiger partial charge on any atom is 0.325 e. The summed E-state index contributed by atoms with van der Waals surface area (Å²) in [6.45, 7) is 2.26. The lowest BCUT2D eigenvalue weighted by Crippen LogP contribution is -2.49. The van der Waals surface area contributed by atoms with Gasteiger partial charge in [0.25, 0.3) is 0 Å². The summed E-state index contributed by atoms with van der Waals surface area (Å²) in [5.41, 5.74) is 0.919. The summed E-state index contributed by atoms with van der Waals surface area (Å²) in [4.78, 5) is 18.4. The van der Waals surface area contributed by atoms with Gasteiger partial charge in [-0.2, -0.15) is 0 Å². The highest BCUT2D eigenvalue weighted by atomic mass is 32.1. The van der Waals surface area contributed by atoms with Crippen LogP contribution in [0.15, 0.2) is 28.2 Å². The predicted octanol–water partition coefficient (Wildman–Crippen LogP) is 1.78. The summed E-state index contributed by atoms with van der Waals surface area (Å²) in [5.74, 6) is 0.494. The molecule has 21 heavy (non-hydrogen) atoms. The number of esters is 1. The van der Waals surface area contributed by atoms with Gasteiger partial charge in [0.05, 0.1) is 32.3 Å². The largest absolute Gasteiger partial charge is 0.468 e. The van der Waals surface area contributed by atoms with Gasteiger partial charge in [-0.1, -0.05) is 0 Å².